The second-order valence-electron chi connectivity index (χ2n) is 4.57. The molecule has 3 heterocycles. The van der Waals surface area contributed by atoms with Gasteiger partial charge in [-0.05, 0) is 35.8 Å². The molecule has 4 nitrogen and oxygen atoms in total. The second-order valence-corrected chi connectivity index (χ2v) is 4.57. The van der Waals surface area contributed by atoms with E-state index in [1.807, 2.05) is 24.5 Å². The number of carbonyl (C=O) groups is 1. The molecule has 0 fully saturated rings. The summed E-state index contributed by atoms with van der Waals surface area (Å²) in [6, 6.07) is 4.08. The first-order valence-electron chi connectivity index (χ1n) is 6.32. The molecular weight excluding hydrogens is 238 g/mol. The molecule has 0 saturated carbocycles. The summed E-state index contributed by atoms with van der Waals surface area (Å²) in [5.74, 6) is -0.00294. The van der Waals surface area contributed by atoms with Gasteiger partial charge in [0.2, 0.25) is 5.91 Å². The molecule has 2 aromatic heterocycles. The SMILES string of the molecule is C=CC(=O)N1CC=C(c2ccnc3[nH]ccc23)CC1. The Morgan fingerprint density at radius 3 is 3.11 bits per heavy atom. The summed E-state index contributed by atoms with van der Waals surface area (Å²) >= 11 is 0. The summed E-state index contributed by atoms with van der Waals surface area (Å²) in [6.45, 7) is 4.91. The fourth-order valence-corrected chi connectivity index (χ4v) is 2.48. The minimum absolute atomic E-state index is 0.00294. The Balaban J connectivity index is 1.92. The van der Waals surface area contributed by atoms with Crippen molar-refractivity contribution in [3.8, 4) is 0 Å². The van der Waals surface area contributed by atoms with Gasteiger partial charge in [-0.3, -0.25) is 4.79 Å². The van der Waals surface area contributed by atoms with Crippen molar-refractivity contribution in [3.63, 3.8) is 0 Å². The van der Waals surface area contributed by atoms with Crippen molar-refractivity contribution in [2.45, 2.75) is 6.42 Å². The van der Waals surface area contributed by atoms with Gasteiger partial charge < -0.3 is 9.88 Å². The van der Waals surface area contributed by atoms with Crippen LogP contribution in [0, 0.1) is 0 Å². The largest absolute Gasteiger partial charge is 0.346 e. The maximum atomic E-state index is 11.5. The molecule has 19 heavy (non-hydrogen) atoms. The highest BCUT2D eigenvalue weighted by molar-refractivity contribution is 5.91. The first kappa shape index (κ1) is 11.7. The fourth-order valence-electron chi connectivity index (χ4n) is 2.48. The predicted octanol–water partition coefficient (Wildman–Crippen LogP) is 2.36. The van der Waals surface area contributed by atoms with Crippen molar-refractivity contribution >= 4 is 22.5 Å². The molecule has 0 atom stereocenters. The first-order chi connectivity index (χ1) is 9.29. The zero-order chi connectivity index (χ0) is 13.2. The molecule has 0 unspecified atom stereocenters. The summed E-state index contributed by atoms with van der Waals surface area (Å²) in [7, 11) is 0. The van der Waals surface area contributed by atoms with Crippen LogP contribution in [-0.4, -0.2) is 33.9 Å². The third kappa shape index (κ3) is 2.05. The molecule has 96 valence electrons. The number of rotatable bonds is 2. The van der Waals surface area contributed by atoms with Crippen LogP contribution in [0.1, 0.15) is 12.0 Å². The summed E-state index contributed by atoms with van der Waals surface area (Å²) in [4.78, 5) is 20.8. The lowest BCUT2D eigenvalue weighted by atomic mass is 9.98. The fraction of sp³-hybridized carbons (Fsp3) is 0.200. The van der Waals surface area contributed by atoms with Gasteiger partial charge in [-0.15, -0.1) is 0 Å². The van der Waals surface area contributed by atoms with E-state index in [-0.39, 0.29) is 5.91 Å². The van der Waals surface area contributed by atoms with Gasteiger partial charge in [-0.2, -0.15) is 0 Å². The Hall–Kier alpha value is -2.36. The van der Waals surface area contributed by atoms with Gasteiger partial charge in [0.05, 0.1) is 0 Å². The minimum Gasteiger partial charge on any atom is -0.346 e. The third-order valence-electron chi connectivity index (χ3n) is 3.50. The summed E-state index contributed by atoms with van der Waals surface area (Å²) in [5, 5.41) is 1.14. The van der Waals surface area contributed by atoms with E-state index in [4.69, 9.17) is 0 Å². The third-order valence-corrected chi connectivity index (χ3v) is 3.50. The van der Waals surface area contributed by atoms with Gasteiger partial charge in [0, 0.05) is 30.9 Å². The van der Waals surface area contributed by atoms with Crippen molar-refractivity contribution in [2.75, 3.05) is 13.1 Å². The molecule has 0 saturated heterocycles. The number of H-pyrrole nitrogens is 1. The van der Waals surface area contributed by atoms with Crippen molar-refractivity contribution < 1.29 is 4.79 Å². The average molecular weight is 253 g/mol. The smallest absolute Gasteiger partial charge is 0.246 e. The Morgan fingerprint density at radius 1 is 1.47 bits per heavy atom. The standard InChI is InChI=1S/C15H15N3O/c1-2-14(19)18-9-5-11(6-10-18)12-3-7-16-15-13(12)4-8-17-15/h2-5,7-8H,1,6,9-10H2,(H,16,17). The number of hydrogen-bond acceptors (Lipinski definition) is 2. The van der Waals surface area contributed by atoms with E-state index in [1.165, 1.54) is 17.2 Å². The zero-order valence-electron chi connectivity index (χ0n) is 10.6. The summed E-state index contributed by atoms with van der Waals surface area (Å²) in [6.07, 6.45) is 8.07. The molecule has 0 radical (unpaired) electrons. The Bertz CT molecular complexity index is 669. The molecule has 4 heteroatoms. The molecule has 1 N–H and O–H groups in total. The van der Waals surface area contributed by atoms with E-state index in [2.05, 4.69) is 22.6 Å². The topological polar surface area (TPSA) is 49.0 Å². The molecule has 0 aromatic carbocycles. The molecular formula is C15H15N3O. The van der Waals surface area contributed by atoms with E-state index in [1.54, 1.807) is 4.90 Å². The van der Waals surface area contributed by atoms with Gasteiger partial charge >= 0.3 is 0 Å². The lowest BCUT2D eigenvalue weighted by molar-refractivity contribution is -0.125. The maximum Gasteiger partial charge on any atom is 0.246 e. The van der Waals surface area contributed by atoms with E-state index in [9.17, 15) is 4.79 Å². The average Bonchev–Trinajstić information content (AvgIpc) is 2.95. The number of carbonyl (C=O) groups excluding carboxylic acids is 1. The van der Waals surface area contributed by atoms with Crippen LogP contribution in [0.4, 0.5) is 0 Å². The minimum atomic E-state index is -0.00294. The van der Waals surface area contributed by atoms with E-state index >= 15 is 0 Å². The summed E-state index contributed by atoms with van der Waals surface area (Å²) in [5.41, 5.74) is 3.39. The highest BCUT2D eigenvalue weighted by Crippen LogP contribution is 2.27. The van der Waals surface area contributed by atoms with Crippen LogP contribution >= 0.6 is 0 Å². The predicted molar refractivity (Wildman–Crippen MR) is 75.5 cm³/mol. The van der Waals surface area contributed by atoms with Crippen molar-refractivity contribution in [1.82, 2.24) is 14.9 Å². The number of pyridine rings is 1. The van der Waals surface area contributed by atoms with Crippen LogP contribution in [-0.2, 0) is 4.79 Å². The van der Waals surface area contributed by atoms with Crippen LogP contribution < -0.4 is 0 Å². The Kier molecular flexibility index (Phi) is 2.91. The number of nitrogens with zero attached hydrogens (tertiary/aromatic N) is 2. The van der Waals surface area contributed by atoms with Gasteiger partial charge in [-0.1, -0.05) is 12.7 Å². The number of aromatic amines is 1. The van der Waals surface area contributed by atoms with Gasteiger partial charge in [0.1, 0.15) is 5.65 Å². The van der Waals surface area contributed by atoms with Crippen LogP contribution in [0.2, 0.25) is 0 Å². The number of amides is 1. The van der Waals surface area contributed by atoms with Gasteiger partial charge in [0.25, 0.3) is 0 Å². The summed E-state index contributed by atoms with van der Waals surface area (Å²) < 4.78 is 0. The Labute approximate surface area is 111 Å². The molecule has 1 amide bonds. The molecule has 3 rings (SSSR count). The molecule has 2 aromatic rings. The molecule has 1 aliphatic heterocycles. The molecule has 0 bridgehead atoms. The van der Waals surface area contributed by atoms with Gasteiger partial charge in [0.15, 0.2) is 0 Å². The van der Waals surface area contributed by atoms with Crippen molar-refractivity contribution in [2.24, 2.45) is 0 Å². The normalized spacial score (nSPS) is 15.4. The van der Waals surface area contributed by atoms with Crippen molar-refractivity contribution in [3.05, 3.63) is 48.8 Å². The number of aromatic nitrogens is 2. The number of hydrogen-bond donors (Lipinski definition) is 1. The highest BCUT2D eigenvalue weighted by Gasteiger charge is 2.17. The molecule has 1 aliphatic rings. The number of nitrogens with one attached hydrogen (secondary N) is 1. The van der Waals surface area contributed by atoms with Crippen LogP contribution in [0.3, 0.4) is 0 Å². The maximum absolute atomic E-state index is 11.5. The highest BCUT2D eigenvalue weighted by atomic mass is 16.2. The van der Waals surface area contributed by atoms with Gasteiger partial charge in [-0.25, -0.2) is 4.98 Å². The van der Waals surface area contributed by atoms with Crippen LogP contribution in [0.5, 0.6) is 0 Å². The van der Waals surface area contributed by atoms with E-state index < -0.39 is 0 Å². The van der Waals surface area contributed by atoms with Crippen molar-refractivity contribution in [1.29, 1.82) is 0 Å². The monoisotopic (exact) mass is 253 g/mol. The van der Waals surface area contributed by atoms with Crippen LogP contribution in [0.25, 0.3) is 16.6 Å². The van der Waals surface area contributed by atoms with E-state index in [0.29, 0.717) is 6.54 Å². The van der Waals surface area contributed by atoms with Crippen LogP contribution in [0.15, 0.2) is 43.3 Å². The quantitative estimate of drug-likeness (QED) is 0.835. The number of fused-ring (bicyclic) bond motifs is 1. The van der Waals surface area contributed by atoms with E-state index in [0.717, 1.165) is 24.0 Å². The lowest BCUT2D eigenvalue weighted by Crippen LogP contribution is -2.33. The second kappa shape index (κ2) is 4.72. The first-order valence-corrected chi connectivity index (χ1v) is 6.32. The lowest BCUT2D eigenvalue weighted by Gasteiger charge is -2.25. The molecule has 0 aliphatic carbocycles. The molecule has 0 spiro atoms. The Morgan fingerprint density at radius 2 is 2.37 bits per heavy atom. The zero-order valence-corrected chi connectivity index (χ0v) is 10.6.